The van der Waals surface area contributed by atoms with Gasteiger partial charge in [0.1, 0.15) is 48.5 Å². The lowest BCUT2D eigenvalue weighted by Gasteiger charge is -2.29. The third-order valence-electron chi connectivity index (χ3n) is 12.1. The van der Waals surface area contributed by atoms with Crippen LogP contribution in [0.25, 0.3) is 0 Å². The average Bonchev–Trinajstić information content (AvgIpc) is 3.29. The first-order valence-electron chi connectivity index (χ1n) is 26.7. The molecular formula is C55H94N6O11. The van der Waals surface area contributed by atoms with Gasteiger partial charge < -0.3 is 46.5 Å². The fraction of sp³-hybridized carbons (Fsp3) is 0.745. The third kappa shape index (κ3) is 27.7. The molecule has 5 amide bonds. The number of nitrogens with two attached hydrogens (primary N) is 1. The van der Waals surface area contributed by atoms with Crippen LogP contribution in [-0.4, -0.2) is 95.4 Å². The van der Waals surface area contributed by atoms with Gasteiger partial charge in [0.25, 0.3) is 0 Å². The van der Waals surface area contributed by atoms with Crippen molar-refractivity contribution in [2.75, 3.05) is 0 Å². The minimum atomic E-state index is -1.57. The van der Waals surface area contributed by atoms with Crippen molar-refractivity contribution in [3.8, 4) is 0 Å². The van der Waals surface area contributed by atoms with Crippen LogP contribution in [-0.2, 0) is 59.2 Å². The summed E-state index contributed by atoms with van der Waals surface area (Å²) in [6.45, 7) is 23.2. The van der Waals surface area contributed by atoms with Crippen molar-refractivity contribution in [1.29, 1.82) is 0 Å². The number of esters is 3. The molecule has 17 nitrogen and oxygen atoms in total. The molecule has 0 aliphatic carbocycles. The van der Waals surface area contributed by atoms with Crippen LogP contribution in [0.4, 0.5) is 0 Å². The number of hydrogen-bond donors (Lipinski definition) is 6. The van der Waals surface area contributed by atoms with Gasteiger partial charge in [-0.05, 0) is 82.6 Å². The van der Waals surface area contributed by atoms with Crippen molar-refractivity contribution in [1.82, 2.24) is 26.6 Å². The average molecular weight is 1020 g/mol. The van der Waals surface area contributed by atoms with Gasteiger partial charge in [-0.1, -0.05) is 150 Å². The SMILES string of the molecule is CCCCCCCCCCCC(CC(=O)OCc1ccccc1)OC(=O)[C@@H](NC(=O)[C@@H](C)NC(=O)[C@H](CC(=O)OC(C)(C)C)NC(=O)[C@@H](NC(=O)[C@@H](CC(C)C)NC(=O)[C@@H](N)CC(C)C)C(C)C)[C@@H](C)CC. The van der Waals surface area contributed by atoms with E-state index >= 15 is 0 Å². The maximum atomic E-state index is 14.0. The van der Waals surface area contributed by atoms with Crippen molar-refractivity contribution in [3.63, 3.8) is 0 Å². The summed E-state index contributed by atoms with van der Waals surface area (Å²) >= 11 is 0. The van der Waals surface area contributed by atoms with E-state index in [0.29, 0.717) is 19.3 Å². The predicted octanol–water partition coefficient (Wildman–Crippen LogP) is 7.25. The zero-order valence-corrected chi connectivity index (χ0v) is 46.1. The van der Waals surface area contributed by atoms with E-state index in [1.807, 2.05) is 65.0 Å². The zero-order valence-electron chi connectivity index (χ0n) is 46.1. The Balaban J connectivity index is 3.29. The van der Waals surface area contributed by atoms with Crippen LogP contribution < -0.4 is 32.3 Å². The van der Waals surface area contributed by atoms with E-state index in [4.69, 9.17) is 19.9 Å². The monoisotopic (exact) mass is 1010 g/mol. The lowest BCUT2D eigenvalue weighted by atomic mass is 9.98. The summed E-state index contributed by atoms with van der Waals surface area (Å²) in [7, 11) is 0. The second kappa shape index (κ2) is 34.4. The summed E-state index contributed by atoms with van der Waals surface area (Å²) in [6.07, 6.45) is 9.70. The molecule has 0 aliphatic rings. The van der Waals surface area contributed by atoms with Crippen LogP contribution in [0.3, 0.4) is 0 Å². The standard InChI is InChI=1S/C55H94N6O11/c1-14-16-17-18-19-20-21-22-26-29-41(32-45(62)70-34-40-27-24-23-25-28-40)71-54(69)48(38(9)15-2)61-49(64)39(10)57-51(66)44(33-46(63)72-55(11,12)13)59-53(68)47(37(7)8)60-52(67)43(31-36(5)6)58-50(65)42(56)30-35(3)4/h23-25,27-28,35-39,41-44,47-48H,14-22,26,29-34,56H2,1-13H3,(H,57,66)(H,58,65)(H,59,68)(H,60,67)(H,61,64)/t38-,39+,41?,42-,43+,44-,47-,48-/m0/s1. The zero-order chi connectivity index (χ0) is 54.6. The Kier molecular flexibility index (Phi) is 31.0. The predicted molar refractivity (Wildman–Crippen MR) is 280 cm³/mol. The summed E-state index contributed by atoms with van der Waals surface area (Å²) in [5, 5.41) is 13.3. The number of carbonyl (C=O) groups is 8. The molecule has 0 aromatic heterocycles. The smallest absolute Gasteiger partial charge is 0.329 e. The number of carbonyl (C=O) groups excluding carboxylic acids is 8. The number of unbranched alkanes of at least 4 members (excludes halogenated alkanes) is 8. The van der Waals surface area contributed by atoms with Crippen molar-refractivity contribution in [2.45, 2.75) is 241 Å². The summed E-state index contributed by atoms with van der Waals surface area (Å²) < 4.78 is 17.0. The Labute approximate surface area is 431 Å². The second-order valence-corrected chi connectivity index (χ2v) is 21.6. The van der Waals surface area contributed by atoms with Gasteiger partial charge >= 0.3 is 17.9 Å². The molecule has 17 heteroatoms. The molecule has 0 heterocycles. The van der Waals surface area contributed by atoms with Crippen LogP contribution in [0.2, 0.25) is 0 Å². The molecule has 1 rings (SSSR count). The van der Waals surface area contributed by atoms with Gasteiger partial charge in [-0.15, -0.1) is 0 Å². The van der Waals surface area contributed by atoms with Gasteiger partial charge in [0.15, 0.2) is 0 Å². The first-order valence-corrected chi connectivity index (χ1v) is 26.7. The van der Waals surface area contributed by atoms with E-state index in [1.165, 1.54) is 32.6 Å². The minimum absolute atomic E-state index is 0.0201. The number of nitrogens with one attached hydrogen (secondary N) is 5. The number of ether oxygens (including phenoxy) is 3. The van der Waals surface area contributed by atoms with E-state index in [9.17, 15) is 38.4 Å². The van der Waals surface area contributed by atoms with E-state index in [2.05, 4.69) is 33.5 Å². The van der Waals surface area contributed by atoms with E-state index in [-0.39, 0.29) is 31.3 Å². The fourth-order valence-corrected chi connectivity index (χ4v) is 7.84. The molecular weight excluding hydrogens is 921 g/mol. The fourth-order valence-electron chi connectivity index (χ4n) is 7.84. The number of amides is 5. The molecule has 1 aromatic rings. The Bertz CT molecular complexity index is 1820. The number of benzene rings is 1. The summed E-state index contributed by atoms with van der Waals surface area (Å²) in [6, 6.07) is 2.15. The van der Waals surface area contributed by atoms with Gasteiger partial charge in [-0.2, -0.15) is 0 Å². The number of rotatable bonds is 35. The molecule has 1 unspecified atom stereocenters. The highest BCUT2D eigenvalue weighted by molar-refractivity contribution is 5.97. The molecule has 1 aromatic carbocycles. The lowest BCUT2D eigenvalue weighted by molar-refractivity contribution is -0.160. The number of hydrogen-bond acceptors (Lipinski definition) is 12. The highest BCUT2D eigenvalue weighted by Crippen LogP contribution is 2.19. The molecule has 0 saturated carbocycles. The highest BCUT2D eigenvalue weighted by Gasteiger charge is 2.36. The van der Waals surface area contributed by atoms with Crippen molar-refractivity contribution >= 4 is 47.4 Å². The van der Waals surface area contributed by atoms with Gasteiger partial charge in [0.2, 0.25) is 29.5 Å². The van der Waals surface area contributed by atoms with Crippen molar-refractivity contribution in [2.24, 2.45) is 29.4 Å². The van der Waals surface area contributed by atoms with Crippen molar-refractivity contribution < 1.29 is 52.6 Å². The summed E-state index contributed by atoms with van der Waals surface area (Å²) in [5.74, 6) is -6.49. The Morgan fingerprint density at radius 3 is 1.67 bits per heavy atom. The van der Waals surface area contributed by atoms with E-state index < -0.39 is 114 Å². The molecule has 0 bridgehead atoms. The molecule has 8 atom stereocenters. The van der Waals surface area contributed by atoms with Gasteiger partial charge in [-0.3, -0.25) is 33.6 Å². The Morgan fingerprint density at radius 1 is 0.583 bits per heavy atom. The molecule has 0 fully saturated rings. The van der Waals surface area contributed by atoms with Crippen LogP contribution in [0.1, 0.15) is 192 Å². The van der Waals surface area contributed by atoms with Gasteiger partial charge in [0.05, 0.1) is 18.9 Å². The second-order valence-electron chi connectivity index (χ2n) is 21.6. The van der Waals surface area contributed by atoms with Crippen LogP contribution in [0.15, 0.2) is 30.3 Å². The van der Waals surface area contributed by atoms with Gasteiger partial charge in [0, 0.05) is 0 Å². The minimum Gasteiger partial charge on any atom is -0.461 e. The third-order valence-corrected chi connectivity index (χ3v) is 12.1. The van der Waals surface area contributed by atoms with Crippen LogP contribution in [0.5, 0.6) is 0 Å². The van der Waals surface area contributed by atoms with Gasteiger partial charge in [-0.25, -0.2) is 4.79 Å². The molecule has 0 radical (unpaired) electrons. The first kappa shape index (κ1) is 65.0. The van der Waals surface area contributed by atoms with E-state index in [0.717, 1.165) is 37.7 Å². The van der Waals surface area contributed by atoms with Crippen LogP contribution >= 0.6 is 0 Å². The molecule has 410 valence electrons. The topological polar surface area (TPSA) is 250 Å². The van der Waals surface area contributed by atoms with E-state index in [1.54, 1.807) is 41.5 Å². The quantitative estimate of drug-likeness (QED) is 0.0224. The maximum Gasteiger partial charge on any atom is 0.329 e. The molecule has 0 saturated heterocycles. The molecule has 0 spiro atoms. The Hall–Kier alpha value is -5.06. The normalized spacial score (nSPS) is 15.0. The maximum absolute atomic E-state index is 14.0. The first-order chi connectivity index (χ1) is 33.8. The molecule has 72 heavy (non-hydrogen) atoms. The Morgan fingerprint density at radius 2 is 1.12 bits per heavy atom. The molecule has 7 N–H and O–H groups in total. The van der Waals surface area contributed by atoms with Crippen LogP contribution in [0, 0.1) is 23.7 Å². The summed E-state index contributed by atoms with van der Waals surface area (Å²) in [4.78, 5) is 109. The highest BCUT2D eigenvalue weighted by atomic mass is 16.6. The lowest BCUT2D eigenvalue weighted by Crippen LogP contribution is -2.60. The summed E-state index contributed by atoms with van der Waals surface area (Å²) in [5.41, 5.74) is 5.99. The largest absolute Gasteiger partial charge is 0.461 e. The molecule has 0 aliphatic heterocycles. The van der Waals surface area contributed by atoms with Crippen molar-refractivity contribution in [3.05, 3.63) is 35.9 Å².